The number of nitriles is 1. The van der Waals surface area contributed by atoms with Crippen molar-refractivity contribution in [2.75, 3.05) is 7.11 Å². The van der Waals surface area contributed by atoms with E-state index in [1.54, 1.807) is 23.9 Å². The molecule has 0 spiro atoms. The summed E-state index contributed by atoms with van der Waals surface area (Å²) in [6.07, 6.45) is 0. The molecule has 2 aromatic carbocycles. The summed E-state index contributed by atoms with van der Waals surface area (Å²) in [6.45, 7) is 0. The van der Waals surface area contributed by atoms with E-state index in [4.69, 9.17) is 16.3 Å². The zero-order valence-corrected chi connectivity index (χ0v) is 12.4. The van der Waals surface area contributed by atoms with Gasteiger partial charge in [-0.3, -0.25) is 0 Å². The van der Waals surface area contributed by atoms with Crippen LogP contribution in [0.3, 0.4) is 0 Å². The Balaban J connectivity index is 2.17. The Labute approximate surface area is 132 Å². The van der Waals surface area contributed by atoms with Crippen molar-refractivity contribution < 1.29 is 4.74 Å². The van der Waals surface area contributed by atoms with E-state index in [0.717, 1.165) is 17.0 Å². The van der Waals surface area contributed by atoms with Gasteiger partial charge in [0, 0.05) is 10.6 Å². The van der Waals surface area contributed by atoms with Gasteiger partial charge in [0.05, 0.1) is 12.8 Å². The molecule has 1 aromatic heterocycles. The van der Waals surface area contributed by atoms with Gasteiger partial charge >= 0.3 is 0 Å². The molecule has 0 radical (unpaired) electrons. The van der Waals surface area contributed by atoms with Crippen molar-refractivity contribution in [1.82, 2.24) is 15.0 Å². The van der Waals surface area contributed by atoms with E-state index >= 15 is 0 Å². The Morgan fingerprint density at radius 1 is 1.18 bits per heavy atom. The van der Waals surface area contributed by atoms with Crippen LogP contribution in [-0.2, 0) is 0 Å². The third kappa shape index (κ3) is 2.52. The summed E-state index contributed by atoms with van der Waals surface area (Å²) < 4.78 is 6.76. The number of nitrogens with zero attached hydrogens (tertiary/aromatic N) is 4. The molecule has 3 rings (SSSR count). The second kappa shape index (κ2) is 5.88. The lowest BCUT2D eigenvalue weighted by Gasteiger charge is -2.08. The molecular formula is C16H11ClN4O. The molecular weight excluding hydrogens is 300 g/mol. The third-order valence-electron chi connectivity index (χ3n) is 3.19. The number of halogens is 1. The van der Waals surface area contributed by atoms with Gasteiger partial charge in [0.25, 0.3) is 0 Å². The van der Waals surface area contributed by atoms with Crippen LogP contribution < -0.4 is 4.74 Å². The minimum Gasteiger partial charge on any atom is -0.497 e. The number of hydrogen-bond donors (Lipinski definition) is 0. The maximum atomic E-state index is 9.28. The zero-order chi connectivity index (χ0) is 15.5. The minimum absolute atomic E-state index is 0.255. The van der Waals surface area contributed by atoms with E-state index in [9.17, 15) is 5.26 Å². The summed E-state index contributed by atoms with van der Waals surface area (Å²) in [6, 6.07) is 16.7. The second-order valence-corrected chi connectivity index (χ2v) is 4.96. The van der Waals surface area contributed by atoms with Gasteiger partial charge < -0.3 is 4.74 Å². The smallest absolute Gasteiger partial charge is 0.191 e. The number of aromatic nitrogens is 3. The fourth-order valence-electron chi connectivity index (χ4n) is 2.15. The van der Waals surface area contributed by atoms with Gasteiger partial charge in [0.2, 0.25) is 0 Å². The Morgan fingerprint density at radius 2 is 1.95 bits per heavy atom. The first-order valence-corrected chi connectivity index (χ1v) is 6.87. The lowest BCUT2D eigenvalue weighted by Crippen LogP contribution is -1.99. The summed E-state index contributed by atoms with van der Waals surface area (Å²) in [5.41, 5.74) is 2.44. The van der Waals surface area contributed by atoms with E-state index < -0.39 is 0 Å². The van der Waals surface area contributed by atoms with E-state index in [2.05, 4.69) is 16.4 Å². The summed E-state index contributed by atoms with van der Waals surface area (Å²) in [5.74, 6) is 0.740. The molecule has 0 N–H and O–H groups in total. The largest absolute Gasteiger partial charge is 0.497 e. The molecule has 0 amide bonds. The number of ether oxygens (including phenoxy) is 1. The quantitative estimate of drug-likeness (QED) is 0.743. The fraction of sp³-hybridized carbons (Fsp3) is 0.0625. The Morgan fingerprint density at radius 3 is 2.59 bits per heavy atom. The maximum Gasteiger partial charge on any atom is 0.191 e. The fourth-order valence-corrected chi connectivity index (χ4v) is 2.34. The monoisotopic (exact) mass is 310 g/mol. The Kier molecular flexibility index (Phi) is 3.77. The van der Waals surface area contributed by atoms with Gasteiger partial charge in [-0.15, -0.1) is 5.10 Å². The first-order chi connectivity index (χ1) is 10.7. The van der Waals surface area contributed by atoms with Crippen LogP contribution in [-0.4, -0.2) is 22.1 Å². The molecule has 0 saturated heterocycles. The zero-order valence-electron chi connectivity index (χ0n) is 11.7. The van der Waals surface area contributed by atoms with Crippen molar-refractivity contribution in [2.45, 2.75) is 0 Å². The molecule has 0 aliphatic rings. The number of rotatable bonds is 3. The molecule has 0 aliphatic carbocycles. The van der Waals surface area contributed by atoms with Crippen LogP contribution in [0.5, 0.6) is 5.75 Å². The molecule has 22 heavy (non-hydrogen) atoms. The molecule has 0 atom stereocenters. The van der Waals surface area contributed by atoms with E-state index in [-0.39, 0.29) is 5.69 Å². The van der Waals surface area contributed by atoms with Crippen molar-refractivity contribution in [1.29, 1.82) is 5.26 Å². The van der Waals surface area contributed by atoms with Crippen LogP contribution in [0.4, 0.5) is 0 Å². The maximum absolute atomic E-state index is 9.28. The topological polar surface area (TPSA) is 63.7 Å². The van der Waals surface area contributed by atoms with Gasteiger partial charge in [0.1, 0.15) is 17.5 Å². The number of methoxy groups -OCH3 is 1. The lowest BCUT2D eigenvalue weighted by atomic mass is 10.1. The second-order valence-electron chi connectivity index (χ2n) is 4.52. The van der Waals surface area contributed by atoms with Crippen LogP contribution in [0.15, 0.2) is 48.5 Å². The Hall–Kier alpha value is -2.84. The van der Waals surface area contributed by atoms with Crippen molar-refractivity contribution in [3.05, 3.63) is 59.2 Å². The van der Waals surface area contributed by atoms with Crippen molar-refractivity contribution in [3.63, 3.8) is 0 Å². The highest BCUT2D eigenvalue weighted by atomic mass is 35.5. The first-order valence-electron chi connectivity index (χ1n) is 6.49. The summed E-state index contributed by atoms with van der Waals surface area (Å²) >= 11 is 6.03. The third-order valence-corrected chi connectivity index (χ3v) is 3.43. The standard InChI is InChI=1S/C16H11ClN4O/c1-22-14-7-5-11(6-8-14)16-15(10-18)19-20-21(16)13-4-2-3-12(17)9-13/h2-9H,1H3. The molecule has 5 nitrogen and oxygen atoms in total. The summed E-state index contributed by atoms with van der Waals surface area (Å²) in [7, 11) is 1.60. The van der Waals surface area contributed by atoms with Crippen molar-refractivity contribution in [3.8, 4) is 28.8 Å². The predicted molar refractivity (Wildman–Crippen MR) is 83.1 cm³/mol. The van der Waals surface area contributed by atoms with Crippen molar-refractivity contribution >= 4 is 11.6 Å². The summed E-state index contributed by atoms with van der Waals surface area (Å²) in [4.78, 5) is 0. The van der Waals surface area contributed by atoms with Crippen LogP contribution >= 0.6 is 11.6 Å². The van der Waals surface area contributed by atoms with Crippen LogP contribution in [0.2, 0.25) is 5.02 Å². The van der Waals surface area contributed by atoms with Crippen molar-refractivity contribution in [2.24, 2.45) is 0 Å². The highest BCUT2D eigenvalue weighted by Gasteiger charge is 2.16. The average molecular weight is 311 g/mol. The van der Waals surface area contributed by atoms with Gasteiger partial charge in [-0.25, -0.2) is 4.68 Å². The van der Waals surface area contributed by atoms with E-state index in [1.807, 2.05) is 36.4 Å². The average Bonchev–Trinajstić information content (AvgIpc) is 2.99. The minimum atomic E-state index is 0.255. The van der Waals surface area contributed by atoms with Gasteiger partial charge in [0.15, 0.2) is 5.69 Å². The van der Waals surface area contributed by atoms with Gasteiger partial charge in [-0.05, 0) is 42.5 Å². The first kappa shape index (κ1) is 14.1. The Bertz CT molecular complexity index is 849. The lowest BCUT2D eigenvalue weighted by molar-refractivity contribution is 0.415. The highest BCUT2D eigenvalue weighted by molar-refractivity contribution is 6.30. The van der Waals surface area contributed by atoms with Crippen LogP contribution in [0.25, 0.3) is 16.9 Å². The highest BCUT2D eigenvalue weighted by Crippen LogP contribution is 2.27. The summed E-state index contributed by atoms with van der Waals surface area (Å²) in [5, 5.41) is 17.9. The van der Waals surface area contributed by atoms with Crippen LogP contribution in [0.1, 0.15) is 5.69 Å². The SMILES string of the molecule is COc1ccc(-c2c(C#N)nnn2-c2cccc(Cl)c2)cc1. The molecule has 0 unspecified atom stereocenters. The molecule has 0 fully saturated rings. The van der Waals surface area contributed by atoms with E-state index in [0.29, 0.717) is 10.7 Å². The molecule has 0 bridgehead atoms. The predicted octanol–water partition coefficient (Wildman–Crippen LogP) is 3.47. The molecule has 0 saturated carbocycles. The number of hydrogen-bond acceptors (Lipinski definition) is 4. The normalized spacial score (nSPS) is 10.2. The molecule has 3 aromatic rings. The molecule has 0 aliphatic heterocycles. The molecule has 1 heterocycles. The molecule has 108 valence electrons. The van der Waals surface area contributed by atoms with Crippen LogP contribution in [0, 0.1) is 11.3 Å². The molecule has 6 heteroatoms. The van der Waals surface area contributed by atoms with Gasteiger partial charge in [-0.2, -0.15) is 5.26 Å². The number of benzene rings is 2. The van der Waals surface area contributed by atoms with Gasteiger partial charge in [-0.1, -0.05) is 22.9 Å². The van der Waals surface area contributed by atoms with E-state index in [1.165, 1.54) is 0 Å².